The van der Waals surface area contributed by atoms with Crippen LogP contribution in [0.2, 0.25) is 0 Å². The molecule has 1 atom stereocenters. The van der Waals surface area contributed by atoms with Crippen LogP contribution in [0.1, 0.15) is 148 Å². The molecule has 2 nitrogen and oxygen atoms in total. The van der Waals surface area contributed by atoms with Gasteiger partial charge >= 0.3 is 0 Å². The van der Waals surface area contributed by atoms with Crippen molar-refractivity contribution in [3.05, 3.63) is 48.3 Å². The molecule has 0 fully saturated rings. The molecule has 0 N–H and O–H groups in total. The van der Waals surface area contributed by atoms with E-state index in [0.29, 0.717) is 6.17 Å². The zero-order valence-electron chi connectivity index (χ0n) is 22.9. The molecule has 194 valence electrons. The quantitative estimate of drug-likeness (QED) is 0.156. The third-order valence-corrected chi connectivity index (χ3v) is 7.47. The summed E-state index contributed by atoms with van der Waals surface area (Å²) >= 11 is 0. The highest BCUT2D eigenvalue weighted by Gasteiger charge is 2.26. The molecule has 2 rings (SSSR count). The Hall–Kier alpha value is -1.44. The van der Waals surface area contributed by atoms with Crippen LogP contribution in [0.3, 0.4) is 0 Å². The van der Waals surface area contributed by atoms with Crippen LogP contribution in [0.4, 0.5) is 0 Å². The fourth-order valence-electron chi connectivity index (χ4n) is 5.31. The average molecular weight is 469 g/mol. The molecule has 1 heterocycles. The molecule has 0 saturated carbocycles. The second-order valence-electron chi connectivity index (χ2n) is 10.6. The van der Waals surface area contributed by atoms with E-state index in [4.69, 9.17) is 0 Å². The van der Waals surface area contributed by atoms with E-state index in [9.17, 15) is 0 Å². The third-order valence-electron chi connectivity index (χ3n) is 7.47. The van der Waals surface area contributed by atoms with E-state index in [1.807, 2.05) is 0 Å². The number of benzene rings is 1. The van der Waals surface area contributed by atoms with Crippen LogP contribution in [0, 0.1) is 0 Å². The topological polar surface area (TPSA) is 6.48 Å². The van der Waals surface area contributed by atoms with Crippen LogP contribution in [0.5, 0.6) is 0 Å². The van der Waals surface area contributed by atoms with Crippen LogP contribution < -0.4 is 0 Å². The largest absolute Gasteiger partial charge is 0.352 e. The molecule has 1 aromatic rings. The number of unbranched alkanes of at least 4 members (excludes halogenated alkanes) is 17. The van der Waals surface area contributed by atoms with Crippen molar-refractivity contribution >= 4 is 0 Å². The predicted octanol–water partition coefficient (Wildman–Crippen LogP) is 10.2. The zero-order valence-corrected chi connectivity index (χ0v) is 22.9. The van der Waals surface area contributed by atoms with Gasteiger partial charge in [0.25, 0.3) is 0 Å². The van der Waals surface area contributed by atoms with Crippen molar-refractivity contribution in [2.24, 2.45) is 0 Å². The lowest BCUT2D eigenvalue weighted by molar-refractivity contribution is 0.149. The number of hydrogen-bond acceptors (Lipinski definition) is 2. The Kier molecular flexibility index (Phi) is 16.8. The fourth-order valence-corrected chi connectivity index (χ4v) is 5.31. The van der Waals surface area contributed by atoms with Crippen molar-refractivity contribution in [3.8, 4) is 0 Å². The van der Waals surface area contributed by atoms with Crippen molar-refractivity contribution < 1.29 is 0 Å². The molecule has 0 saturated heterocycles. The molecular formula is C32H56N2. The van der Waals surface area contributed by atoms with Gasteiger partial charge in [-0.2, -0.15) is 0 Å². The summed E-state index contributed by atoms with van der Waals surface area (Å²) in [5, 5.41) is 0. The van der Waals surface area contributed by atoms with Crippen LogP contribution in [-0.4, -0.2) is 22.9 Å². The predicted molar refractivity (Wildman–Crippen MR) is 151 cm³/mol. The Labute approximate surface area is 213 Å². The first-order valence-electron chi connectivity index (χ1n) is 15.1. The van der Waals surface area contributed by atoms with Gasteiger partial charge in [0, 0.05) is 25.5 Å². The third kappa shape index (κ3) is 12.3. The maximum Gasteiger partial charge on any atom is 0.127 e. The fraction of sp³-hybridized carbons (Fsp3) is 0.750. The van der Waals surface area contributed by atoms with Gasteiger partial charge in [0.1, 0.15) is 6.17 Å². The summed E-state index contributed by atoms with van der Waals surface area (Å²) in [5.41, 5.74) is 1.44. The van der Waals surface area contributed by atoms with E-state index in [-0.39, 0.29) is 0 Å². The summed E-state index contributed by atoms with van der Waals surface area (Å²) in [6, 6.07) is 11.1. The Balaban J connectivity index is 1.59. The van der Waals surface area contributed by atoms with Gasteiger partial charge in [-0.1, -0.05) is 153 Å². The molecule has 1 aromatic carbocycles. The minimum atomic E-state index is 0.397. The van der Waals surface area contributed by atoms with Gasteiger partial charge in [-0.05, 0) is 18.4 Å². The Bertz CT molecular complexity index is 596. The summed E-state index contributed by atoms with van der Waals surface area (Å²) in [6.07, 6.45) is 31.8. The average Bonchev–Trinajstić information content (AvgIpc) is 3.27. The van der Waals surface area contributed by atoms with E-state index in [0.717, 1.165) is 0 Å². The van der Waals surface area contributed by atoms with Crippen molar-refractivity contribution in [3.63, 3.8) is 0 Å². The van der Waals surface area contributed by atoms with Gasteiger partial charge in [0.05, 0.1) is 0 Å². The van der Waals surface area contributed by atoms with Crippen molar-refractivity contribution in [2.45, 2.75) is 142 Å². The molecule has 0 aliphatic carbocycles. The maximum atomic E-state index is 2.59. The molecule has 0 radical (unpaired) electrons. The molecule has 0 spiro atoms. The Morgan fingerprint density at radius 3 is 1.21 bits per heavy atom. The van der Waals surface area contributed by atoms with Gasteiger partial charge in [-0.25, -0.2) is 0 Å². The molecule has 1 aliphatic heterocycles. The minimum absolute atomic E-state index is 0.397. The lowest BCUT2D eigenvalue weighted by Crippen LogP contribution is -2.32. The van der Waals surface area contributed by atoms with Gasteiger partial charge in [-0.15, -0.1) is 0 Å². The van der Waals surface area contributed by atoms with Gasteiger partial charge in [0.15, 0.2) is 0 Å². The van der Waals surface area contributed by atoms with Crippen molar-refractivity contribution in [1.82, 2.24) is 9.80 Å². The Morgan fingerprint density at radius 1 is 0.471 bits per heavy atom. The molecule has 1 unspecified atom stereocenters. The van der Waals surface area contributed by atoms with Crippen LogP contribution in [0.25, 0.3) is 0 Å². The van der Waals surface area contributed by atoms with Gasteiger partial charge < -0.3 is 9.80 Å². The SMILES string of the molecule is CCCCCCCCCCCCCCCN1C=CN(CCCCCCCC)C1c1ccccc1. The first-order chi connectivity index (χ1) is 16.9. The highest BCUT2D eigenvalue weighted by Crippen LogP contribution is 2.31. The lowest BCUT2D eigenvalue weighted by atomic mass is 10.0. The molecule has 0 amide bonds. The molecule has 0 aromatic heterocycles. The highest BCUT2D eigenvalue weighted by molar-refractivity contribution is 5.21. The maximum absolute atomic E-state index is 2.59. The van der Waals surface area contributed by atoms with Crippen LogP contribution in [0.15, 0.2) is 42.7 Å². The van der Waals surface area contributed by atoms with Crippen molar-refractivity contribution in [1.29, 1.82) is 0 Å². The molecule has 1 aliphatic rings. The second kappa shape index (κ2) is 19.8. The van der Waals surface area contributed by atoms with E-state index in [1.54, 1.807) is 0 Å². The van der Waals surface area contributed by atoms with Gasteiger partial charge in [-0.3, -0.25) is 0 Å². The standard InChI is InChI=1S/C32H56N2/c1-3-5-7-9-11-12-13-14-15-16-17-19-24-28-34-30-29-33(27-23-18-10-8-6-4-2)32(34)31-25-21-20-22-26-31/h20-22,25-26,29-30,32H,3-19,23-24,27-28H2,1-2H3. The Morgan fingerprint density at radius 2 is 0.824 bits per heavy atom. The first-order valence-corrected chi connectivity index (χ1v) is 15.1. The number of nitrogens with zero attached hydrogens (tertiary/aromatic N) is 2. The van der Waals surface area contributed by atoms with Crippen LogP contribution >= 0.6 is 0 Å². The van der Waals surface area contributed by atoms with E-state index < -0.39 is 0 Å². The van der Waals surface area contributed by atoms with Crippen LogP contribution in [-0.2, 0) is 0 Å². The molecule has 0 bridgehead atoms. The van der Waals surface area contributed by atoms with Gasteiger partial charge in [0.2, 0.25) is 0 Å². The molecule has 34 heavy (non-hydrogen) atoms. The minimum Gasteiger partial charge on any atom is -0.352 e. The van der Waals surface area contributed by atoms with E-state index in [2.05, 4.69) is 66.4 Å². The second-order valence-corrected chi connectivity index (χ2v) is 10.6. The zero-order chi connectivity index (χ0) is 24.1. The lowest BCUT2D eigenvalue weighted by Gasteiger charge is -2.33. The summed E-state index contributed by atoms with van der Waals surface area (Å²) in [6.45, 7) is 6.96. The summed E-state index contributed by atoms with van der Waals surface area (Å²) in [5.74, 6) is 0. The smallest absolute Gasteiger partial charge is 0.127 e. The first kappa shape index (κ1) is 28.8. The monoisotopic (exact) mass is 468 g/mol. The van der Waals surface area contributed by atoms with E-state index in [1.165, 1.54) is 141 Å². The summed E-state index contributed by atoms with van der Waals surface area (Å²) in [7, 11) is 0. The number of rotatable bonds is 22. The summed E-state index contributed by atoms with van der Waals surface area (Å²) < 4.78 is 0. The molecule has 2 heteroatoms. The van der Waals surface area contributed by atoms with E-state index >= 15 is 0 Å². The number of hydrogen-bond donors (Lipinski definition) is 0. The highest BCUT2D eigenvalue weighted by atomic mass is 15.4. The van der Waals surface area contributed by atoms with Crippen molar-refractivity contribution in [2.75, 3.05) is 13.1 Å². The normalized spacial score (nSPS) is 15.5. The molecular weight excluding hydrogens is 412 g/mol. The summed E-state index contributed by atoms with van der Waals surface area (Å²) in [4.78, 5) is 5.17.